The highest BCUT2D eigenvalue weighted by Gasteiger charge is 2.40. The molecule has 0 bridgehead atoms. The predicted molar refractivity (Wildman–Crippen MR) is 36.5 cm³/mol. The topological polar surface area (TPSA) is 38.7 Å². The first-order valence-corrected chi connectivity index (χ1v) is 3.29. The smallest absolute Gasteiger partial charge is 0.163 e. The van der Waals surface area contributed by atoms with Gasteiger partial charge in [-0.1, -0.05) is 7.43 Å². The van der Waals surface area contributed by atoms with Gasteiger partial charge in [0.15, 0.2) is 6.29 Å². The van der Waals surface area contributed by atoms with E-state index in [0.29, 0.717) is 6.61 Å². The fraction of sp³-hybridized carbons (Fsp3) is 1.00. The summed E-state index contributed by atoms with van der Waals surface area (Å²) in [6.07, 6.45) is 0.573. The van der Waals surface area contributed by atoms with E-state index in [-0.39, 0.29) is 25.7 Å². The zero-order valence-electron chi connectivity index (χ0n) is 5.12. The molecule has 0 aromatic heterocycles. The van der Waals surface area contributed by atoms with Crippen LogP contribution in [0.4, 0.5) is 0 Å². The summed E-state index contributed by atoms with van der Waals surface area (Å²) in [5.74, 6) is 0.255. The number of fused-ring (bicyclic) bond motifs is 1. The van der Waals surface area contributed by atoms with Crippen LogP contribution in [-0.2, 0) is 9.47 Å². The van der Waals surface area contributed by atoms with Crippen molar-refractivity contribution in [1.29, 1.82) is 0 Å². The largest absolute Gasteiger partial charge is 0.390 e. The van der Waals surface area contributed by atoms with Gasteiger partial charge in [-0.15, -0.1) is 0 Å². The fourth-order valence-electron chi connectivity index (χ4n) is 1.44. The summed E-state index contributed by atoms with van der Waals surface area (Å²) in [7, 11) is 0. The average molecular weight is 146 g/mol. The highest BCUT2D eigenvalue weighted by atomic mass is 16.7. The van der Waals surface area contributed by atoms with E-state index in [4.69, 9.17) is 9.47 Å². The number of ether oxygens (including phenoxy) is 2. The second kappa shape index (κ2) is 2.86. The van der Waals surface area contributed by atoms with Gasteiger partial charge in [0.2, 0.25) is 0 Å². The molecule has 60 valence electrons. The molecule has 3 nitrogen and oxygen atoms in total. The number of aliphatic hydroxyl groups is 1. The lowest BCUT2D eigenvalue weighted by Gasteiger charge is -2.06. The van der Waals surface area contributed by atoms with Crippen molar-refractivity contribution in [3.8, 4) is 0 Å². The van der Waals surface area contributed by atoms with Crippen molar-refractivity contribution in [1.82, 2.24) is 0 Å². The summed E-state index contributed by atoms with van der Waals surface area (Å²) in [5, 5.41) is 9.19. The summed E-state index contributed by atoms with van der Waals surface area (Å²) in [6, 6.07) is 0. The Labute approximate surface area is 60.9 Å². The van der Waals surface area contributed by atoms with E-state index in [9.17, 15) is 5.11 Å². The van der Waals surface area contributed by atoms with Crippen molar-refractivity contribution in [2.24, 2.45) is 5.92 Å². The molecule has 0 radical (unpaired) electrons. The molecule has 0 spiro atoms. The first-order chi connectivity index (χ1) is 4.38. The van der Waals surface area contributed by atoms with E-state index in [2.05, 4.69) is 0 Å². The molecule has 0 aliphatic carbocycles. The lowest BCUT2D eigenvalue weighted by Crippen LogP contribution is -2.18. The minimum atomic E-state index is -0.280. The molecule has 0 aromatic carbocycles. The van der Waals surface area contributed by atoms with Crippen LogP contribution in [0.2, 0.25) is 0 Å². The van der Waals surface area contributed by atoms with Gasteiger partial charge < -0.3 is 14.6 Å². The van der Waals surface area contributed by atoms with Gasteiger partial charge in [0.05, 0.1) is 19.3 Å². The molecule has 3 atom stereocenters. The minimum Gasteiger partial charge on any atom is -0.390 e. The molecule has 3 heteroatoms. The molecule has 0 amide bonds. The summed E-state index contributed by atoms with van der Waals surface area (Å²) < 4.78 is 10.3. The Balaban J connectivity index is 0.000000500. The first-order valence-electron chi connectivity index (χ1n) is 3.29. The molecule has 0 aromatic rings. The Kier molecular flexibility index (Phi) is 2.28. The van der Waals surface area contributed by atoms with E-state index in [1.165, 1.54) is 0 Å². The number of hydrogen-bond donors (Lipinski definition) is 1. The summed E-state index contributed by atoms with van der Waals surface area (Å²) in [4.78, 5) is 0. The second-order valence-electron chi connectivity index (χ2n) is 2.59. The quantitative estimate of drug-likeness (QED) is 0.537. The summed E-state index contributed by atoms with van der Waals surface area (Å²) in [5.41, 5.74) is 0. The van der Waals surface area contributed by atoms with Crippen molar-refractivity contribution in [2.75, 3.05) is 13.2 Å². The Hall–Kier alpha value is -0.120. The molecule has 2 rings (SSSR count). The average Bonchev–Trinajstić information content (AvgIpc) is 2.35. The molecule has 2 heterocycles. The molecule has 0 unspecified atom stereocenters. The van der Waals surface area contributed by atoms with Gasteiger partial charge in [0, 0.05) is 5.92 Å². The third kappa shape index (κ3) is 1.05. The summed E-state index contributed by atoms with van der Waals surface area (Å²) >= 11 is 0. The standard InChI is InChI=1S/C6H10O3.CH4/c7-5-3-9-6-4(5)1-2-8-6;/h4-7H,1-3H2;1H4/t4-,5-,6+;/m0./s1. The van der Waals surface area contributed by atoms with Crippen molar-refractivity contribution in [2.45, 2.75) is 26.2 Å². The minimum absolute atomic E-state index is 0. The predicted octanol–water partition coefficient (Wildman–Crippen LogP) is 0.376. The summed E-state index contributed by atoms with van der Waals surface area (Å²) in [6.45, 7) is 1.20. The lowest BCUT2D eigenvalue weighted by molar-refractivity contribution is -0.0907. The van der Waals surface area contributed by atoms with Crippen LogP contribution in [0.3, 0.4) is 0 Å². The normalized spacial score (nSPS) is 44.7. The van der Waals surface area contributed by atoms with Gasteiger partial charge in [-0.3, -0.25) is 0 Å². The fourth-order valence-corrected chi connectivity index (χ4v) is 1.44. The van der Waals surface area contributed by atoms with Gasteiger partial charge in [-0.2, -0.15) is 0 Å². The van der Waals surface area contributed by atoms with E-state index < -0.39 is 0 Å². The molecule has 2 aliphatic rings. The van der Waals surface area contributed by atoms with Crippen LogP contribution in [0.15, 0.2) is 0 Å². The number of rotatable bonds is 0. The van der Waals surface area contributed by atoms with Gasteiger partial charge in [-0.25, -0.2) is 0 Å². The Morgan fingerprint density at radius 3 is 2.80 bits per heavy atom. The maximum atomic E-state index is 9.19. The van der Waals surface area contributed by atoms with E-state index in [1.54, 1.807) is 0 Å². The molecule has 10 heavy (non-hydrogen) atoms. The van der Waals surface area contributed by atoms with Gasteiger partial charge in [0.1, 0.15) is 0 Å². The van der Waals surface area contributed by atoms with Crippen LogP contribution in [0, 0.1) is 5.92 Å². The molecule has 2 fully saturated rings. The van der Waals surface area contributed by atoms with Crippen molar-refractivity contribution in [3.05, 3.63) is 0 Å². The molecular weight excluding hydrogens is 132 g/mol. The van der Waals surface area contributed by atoms with E-state index in [1.807, 2.05) is 0 Å². The van der Waals surface area contributed by atoms with Crippen molar-refractivity contribution < 1.29 is 14.6 Å². The molecule has 2 saturated heterocycles. The zero-order valence-corrected chi connectivity index (χ0v) is 5.12. The second-order valence-corrected chi connectivity index (χ2v) is 2.59. The number of hydrogen-bond acceptors (Lipinski definition) is 3. The van der Waals surface area contributed by atoms with Gasteiger partial charge in [0.25, 0.3) is 0 Å². The molecular formula is C7H14O3. The number of aliphatic hydroxyl groups excluding tert-OH is 1. The van der Waals surface area contributed by atoms with Crippen LogP contribution in [0.1, 0.15) is 13.8 Å². The SMILES string of the molecule is C.O[C@H]1CO[C@H]2OCC[C@H]21. The Morgan fingerprint density at radius 1 is 1.30 bits per heavy atom. The Morgan fingerprint density at radius 2 is 2.10 bits per heavy atom. The maximum Gasteiger partial charge on any atom is 0.163 e. The lowest BCUT2D eigenvalue weighted by atomic mass is 10.0. The maximum absolute atomic E-state index is 9.19. The van der Waals surface area contributed by atoms with Crippen LogP contribution in [0.5, 0.6) is 0 Å². The van der Waals surface area contributed by atoms with Gasteiger partial charge >= 0.3 is 0 Å². The van der Waals surface area contributed by atoms with Crippen molar-refractivity contribution >= 4 is 0 Å². The highest BCUT2D eigenvalue weighted by molar-refractivity contribution is 4.81. The third-order valence-corrected chi connectivity index (χ3v) is 2.01. The van der Waals surface area contributed by atoms with E-state index >= 15 is 0 Å². The third-order valence-electron chi connectivity index (χ3n) is 2.01. The highest BCUT2D eigenvalue weighted by Crippen LogP contribution is 2.30. The van der Waals surface area contributed by atoms with Gasteiger partial charge in [-0.05, 0) is 6.42 Å². The molecule has 2 aliphatic heterocycles. The van der Waals surface area contributed by atoms with Crippen LogP contribution < -0.4 is 0 Å². The van der Waals surface area contributed by atoms with Crippen LogP contribution in [0.25, 0.3) is 0 Å². The zero-order chi connectivity index (χ0) is 6.27. The van der Waals surface area contributed by atoms with Crippen LogP contribution >= 0.6 is 0 Å². The van der Waals surface area contributed by atoms with Crippen LogP contribution in [-0.4, -0.2) is 30.7 Å². The Bertz CT molecular complexity index is 115. The first kappa shape index (κ1) is 7.98. The molecule has 1 N–H and O–H groups in total. The van der Waals surface area contributed by atoms with E-state index in [0.717, 1.165) is 13.0 Å². The molecule has 0 saturated carbocycles. The van der Waals surface area contributed by atoms with Crippen molar-refractivity contribution in [3.63, 3.8) is 0 Å². The monoisotopic (exact) mass is 146 g/mol.